The van der Waals surface area contributed by atoms with E-state index in [1.54, 1.807) is 0 Å². The first-order valence-corrected chi connectivity index (χ1v) is 9.08. The molecule has 1 aliphatic heterocycles. The summed E-state index contributed by atoms with van der Waals surface area (Å²) in [4.78, 5) is 23.8. The molecule has 25 heavy (non-hydrogen) atoms. The second-order valence-corrected chi connectivity index (χ2v) is 6.81. The van der Waals surface area contributed by atoms with Gasteiger partial charge in [-0.1, -0.05) is 12.1 Å². The Hall–Kier alpha value is -1.28. The Labute approximate surface area is 158 Å². The number of methoxy groups -OCH3 is 1. The molecule has 0 radical (unpaired) electrons. The highest BCUT2D eigenvalue weighted by Gasteiger charge is 2.38. The Morgan fingerprint density at radius 3 is 2.72 bits per heavy atom. The molecule has 1 aromatic rings. The van der Waals surface area contributed by atoms with Crippen molar-refractivity contribution >= 4 is 41.7 Å². The first kappa shape index (κ1) is 21.8. The smallest absolute Gasteiger partial charge is 0.315 e. The zero-order chi connectivity index (χ0) is 17.4. The van der Waals surface area contributed by atoms with Crippen LogP contribution in [0.3, 0.4) is 0 Å². The molecule has 140 valence electrons. The van der Waals surface area contributed by atoms with E-state index in [-0.39, 0.29) is 24.3 Å². The van der Waals surface area contributed by atoms with Crippen LogP contribution in [0.2, 0.25) is 0 Å². The van der Waals surface area contributed by atoms with Crippen LogP contribution in [-0.2, 0) is 24.8 Å². The predicted molar refractivity (Wildman–Crippen MR) is 102 cm³/mol. The van der Waals surface area contributed by atoms with Gasteiger partial charge in [0.1, 0.15) is 0 Å². The quantitative estimate of drug-likeness (QED) is 0.696. The van der Waals surface area contributed by atoms with E-state index in [1.165, 1.54) is 18.9 Å². The molecule has 1 aliphatic rings. The lowest BCUT2D eigenvalue weighted by atomic mass is 9.79. The number of nitrogens with two attached hydrogens (primary N) is 1. The lowest BCUT2D eigenvalue weighted by Crippen LogP contribution is -2.46. The molecule has 3 N–H and O–H groups in total. The van der Waals surface area contributed by atoms with E-state index >= 15 is 0 Å². The van der Waals surface area contributed by atoms with E-state index in [0.717, 1.165) is 11.3 Å². The molecule has 0 atom stereocenters. The summed E-state index contributed by atoms with van der Waals surface area (Å²) in [6, 6.07) is 7.64. The third-order valence-corrected chi connectivity index (χ3v) is 5.20. The Kier molecular flexibility index (Phi) is 9.27. The van der Waals surface area contributed by atoms with Gasteiger partial charge in [0.2, 0.25) is 5.91 Å². The van der Waals surface area contributed by atoms with Gasteiger partial charge in [0.25, 0.3) is 0 Å². The van der Waals surface area contributed by atoms with Crippen molar-refractivity contribution in [1.82, 2.24) is 0 Å². The lowest BCUT2D eigenvalue weighted by Gasteiger charge is -2.34. The van der Waals surface area contributed by atoms with Gasteiger partial charge in [-0.2, -0.15) is 0 Å². The minimum Gasteiger partial charge on any atom is -0.468 e. The van der Waals surface area contributed by atoms with E-state index in [4.69, 9.17) is 10.5 Å². The largest absolute Gasteiger partial charge is 0.468 e. The number of amides is 1. The summed E-state index contributed by atoms with van der Waals surface area (Å²) in [7, 11) is 1.38. The number of esters is 1. The number of rotatable bonds is 7. The maximum Gasteiger partial charge on any atom is 0.315 e. The fourth-order valence-corrected chi connectivity index (χ4v) is 3.40. The first-order chi connectivity index (χ1) is 11.6. The Morgan fingerprint density at radius 2 is 2.08 bits per heavy atom. The standard InChI is InChI=1S/C17H24N2O4S.ClH/c1-22-15(20)11-24-10-13-3-2-4-14(9-13)19-16(21)17(12-18)5-7-23-8-6-17;/h2-4,9H,5-8,10-12,18H2,1H3,(H,19,21);1H. The summed E-state index contributed by atoms with van der Waals surface area (Å²) in [5.41, 5.74) is 7.10. The molecule has 6 nitrogen and oxygen atoms in total. The fourth-order valence-electron chi connectivity index (χ4n) is 2.60. The molecular weight excluding hydrogens is 364 g/mol. The SMILES string of the molecule is COC(=O)CSCc1cccc(NC(=O)C2(CN)CCOCC2)c1.Cl. The van der Waals surface area contributed by atoms with Crippen molar-refractivity contribution in [3.05, 3.63) is 29.8 Å². The van der Waals surface area contributed by atoms with Crippen LogP contribution in [0.25, 0.3) is 0 Å². The molecule has 8 heteroatoms. The van der Waals surface area contributed by atoms with Crippen LogP contribution in [0.4, 0.5) is 5.69 Å². The molecule has 0 aliphatic carbocycles. The lowest BCUT2D eigenvalue weighted by molar-refractivity contribution is -0.137. The van der Waals surface area contributed by atoms with E-state index < -0.39 is 5.41 Å². The highest BCUT2D eigenvalue weighted by atomic mass is 35.5. The zero-order valence-corrected chi connectivity index (χ0v) is 15.9. The number of halogens is 1. The van der Waals surface area contributed by atoms with Crippen LogP contribution in [0.1, 0.15) is 18.4 Å². The Balaban J connectivity index is 0.00000312. The normalized spacial score (nSPS) is 15.8. The van der Waals surface area contributed by atoms with Gasteiger partial charge in [-0.15, -0.1) is 24.2 Å². The van der Waals surface area contributed by atoms with Crippen molar-refractivity contribution in [2.24, 2.45) is 11.1 Å². The summed E-state index contributed by atoms with van der Waals surface area (Å²) >= 11 is 1.47. The third-order valence-electron chi connectivity index (χ3n) is 4.22. The van der Waals surface area contributed by atoms with E-state index in [1.807, 2.05) is 24.3 Å². The maximum absolute atomic E-state index is 12.7. The molecule has 0 bridgehead atoms. The number of hydrogen-bond donors (Lipinski definition) is 2. The Bertz CT molecular complexity index is 580. The molecule has 0 spiro atoms. The van der Waals surface area contributed by atoms with E-state index in [9.17, 15) is 9.59 Å². The summed E-state index contributed by atoms with van der Waals surface area (Å²) < 4.78 is 9.96. The number of carbonyl (C=O) groups is 2. The number of benzene rings is 1. The number of carbonyl (C=O) groups excluding carboxylic acids is 2. The summed E-state index contributed by atoms with van der Waals surface area (Å²) in [5.74, 6) is 0.694. The van der Waals surface area contributed by atoms with Crippen molar-refractivity contribution < 1.29 is 19.1 Å². The summed E-state index contributed by atoms with van der Waals surface area (Å²) in [5, 5.41) is 2.98. The number of ether oxygens (including phenoxy) is 2. The second kappa shape index (κ2) is 10.7. The van der Waals surface area contributed by atoms with Crippen LogP contribution in [-0.4, -0.2) is 44.5 Å². The molecule has 0 aromatic heterocycles. The number of thioether (sulfide) groups is 1. The van der Waals surface area contributed by atoms with Crippen molar-refractivity contribution in [3.63, 3.8) is 0 Å². The highest BCUT2D eigenvalue weighted by molar-refractivity contribution is 7.99. The van der Waals surface area contributed by atoms with Gasteiger partial charge in [-0.3, -0.25) is 9.59 Å². The monoisotopic (exact) mass is 388 g/mol. The van der Waals surface area contributed by atoms with Crippen LogP contribution in [0, 0.1) is 5.41 Å². The zero-order valence-electron chi connectivity index (χ0n) is 14.3. The van der Waals surface area contributed by atoms with Gasteiger partial charge in [-0.25, -0.2) is 0 Å². The topological polar surface area (TPSA) is 90.7 Å². The molecule has 1 saturated heterocycles. The van der Waals surface area contributed by atoms with Gasteiger partial charge in [0.15, 0.2) is 0 Å². The van der Waals surface area contributed by atoms with Gasteiger partial charge >= 0.3 is 5.97 Å². The molecule has 2 rings (SSSR count). The minimum absolute atomic E-state index is 0. The number of nitrogens with one attached hydrogen (secondary N) is 1. The van der Waals surface area contributed by atoms with Crippen LogP contribution < -0.4 is 11.1 Å². The molecule has 0 unspecified atom stereocenters. The first-order valence-electron chi connectivity index (χ1n) is 7.92. The van der Waals surface area contributed by atoms with Crippen molar-refractivity contribution in [1.29, 1.82) is 0 Å². The molecule has 0 saturated carbocycles. The summed E-state index contributed by atoms with van der Waals surface area (Å²) in [6.45, 7) is 1.44. The van der Waals surface area contributed by atoms with Crippen molar-refractivity contribution in [2.75, 3.05) is 37.9 Å². The molecule has 1 amide bonds. The van der Waals surface area contributed by atoms with Crippen molar-refractivity contribution in [2.45, 2.75) is 18.6 Å². The van der Waals surface area contributed by atoms with E-state index in [0.29, 0.717) is 44.1 Å². The average Bonchev–Trinajstić information content (AvgIpc) is 2.62. The van der Waals surface area contributed by atoms with Crippen LogP contribution in [0.15, 0.2) is 24.3 Å². The highest BCUT2D eigenvalue weighted by Crippen LogP contribution is 2.31. The maximum atomic E-state index is 12.7. The summed E-state index contributed by atoms with van der Waals surface area (Å²) in [6.07, 6.45) is 1.29. The molecule has 1 fully saturated rings. The number of anilines is 1. The predicted octanol–water partition coefficient (Wildman–Crippen LogP) is 2.21. The van der Waals surface area contributed by atoms with Gasteiger partial charge in [-0.05, 0) is 30.5 Å². The van der Waals surface area contributed by atoms with Gasteiger partial charge in [0.05, 0.1) is 18.3 Å². The fraction of sp³-hybridized carbons (Fsp3) is 0.529. The number of hydrogen-bond acceptors (Lipinski definition) is 6. The third kappa shape index (κ3) is 6.18. The molecule has 1 aromatic carbocycles. The molecule has 1 heterocycles. The molecular formula is C17H25ClN2O4S. The second-order valence-electron chi connectivity index (χ2n) is 5.82. The average molecular weight is 389 g/mol. The van der Waals surface area contributed by atoms with E-state index in [2.05, 4.69) is 10.1 Å². The van der Waals surface area contributed by atoms with Crippen molar-refractivity contribution in [3.8, 4) is 0 Å². The Morgan fingerprint density at radius 1 is 1.36 bits per heavy atom. The van der Waals surface area contributed by atoms with Crippen LogP contribution in [0.5, 0.6) is 0 Å². The van der Waals surface area contributed by atoms with Gasteiger partial charge in [0, 0.05) is 31.2 Å². The minimum atomic E-state index is -0.548. The van der Waals surface area contributed by atoms with Gasteiger partial charge < -0.3 is 20.5 Å². The van der Waals surface area contributed by atoms with Crippen LogP contribution >= 0.6 is 24.2 Å².